The fourth-order valence-electron chi connectivity index (χ4n) is 2.16. The summed E-state index contributed by atoms with van der Waals surface area (Å²) in [6.45, 7) is 4.67. The lowest BCUT2D eigenvalue weighted by atomic mass is 10.1. The van der Waals surface area contributed by atoms with E-state index in [-0.39, 0.29) is 11.8 Å². The topological polar surface area (TPSA) is 41.8 Å². The summed E-state index contributed by atoms with van der Waals surface area (Å²) in [7, 11) is 2.11. The molecule has 0 bridgehead atoms. The predicted molar refractivity (Wildman–Crippen MR) is 68.7 cm³/mol. The molecule has 1 unspecified atom stereocenters. The Labute approximate surface area is 107 Å². The first-order valence-corrected chi connectivity index (χ1v) is 6.41. The van der Waals surface area contributed by atoms with E-state index in [1.54, 1.807) is 24.3 Å². The van der Waals surface area contributed by atoms with Gasteiger partial charge in [0.1, 0.15) is 0 Å². The van der Waals surface area contributed by atoms with E-state index < -0.39 is 0 Å². The molecule has 4 nitrogen and oxygen atoms in total. The highest BCUT2D eigenvalue weighted by atomic mass is 16.2. The summed E-state index contributed by atoms with van der Waals surface area (Å²) in [5, 5.41) is 0. The zero-order valence-corrected chi connectivity index (χ0v) is 10.9. The van der Waals surface area contributed by atoms with Crippen molar-refractivity contribution in [2.75, 3.05) is 26.7 Å². The van der Waals surface area contributed by atoms with Gasteiger partial charge >= 0.3 is 0 Å². The third-order valence-corrected chi connectivity index (χ3v) is 3.47. The number of carbonyl (C=O) groups excluding carboxylic acids is 2. The molecule has 1 aromatic rings. The van der Waals surface area contributed by atoms with Gasteiger partial charge in [0.05, 0.1) is 31.3 Å². The Hall–Kier alpha value is -1.68. The van der Waals surface area contributed by atoms with Crippen LogP contribution >= 0.6 is 0 Å². The van der Waals surface area contributed by atoms with Crippen LogP contribution in [0.2, 0.25) is 0 Å². The van der Waals surface area contributed by atoms with Crippen molar-refractivity contribution >= 4 is 11.8 Å². The Kier molecular flexibility index (Phi) is 3.77. The molecule has 96 valence electrons. The molecule has 0 saturated heterocycles. The largest absolute Gasteiger partial charge is 0.338 e. The summed E-state index contributed by atoms with van der Waals surface area (Å²) in [6, 6.07) is 7.03. The van der Waals surface area contributed by atoms with Crippen LogP contribution < -0.4 is 4.90 Å². The number of amides is 2. The second-order valence-corrected chi connectivity index (χ2v) is 4.72. The van der Waals surface area contributed by atoms with Gasteiger partial charge in [-0.25, -0.2) is 0 Å². The number of rotatable bonds is 5. The van der Waals surface area contributed by atoms with Gasteiger partial charge < -0.3 is 4.90 Å². The van der Waals surface area contributed by atoms with Gasteiger partial charge in [-0.05, 0) is 19.1 Å². The van der Waals surface area contributed by atoms with Crippen molar-refractivity contribution in [1.82, 2.24) is 4.90 Å². The molecule has 2 amide bonds. The van der Waals surface area contributed by atoms with Crippen molar-refractivity contribution in [3.05, 3.63) is 35.4 Å². The number of nitrogens with one attached hydrogen (secondary N) is 1. The fourth-order valence-corrected chi connectivity index (χ4v) is 2.16. The second kappa shape index (κ2) is 5.31. The summed E-state index contributed by atoms with van der Waals surface area (Å²) >= 11 is 0. The molecule has 0 saturated carbocycles. The quantitative estimate of drug-likeness (QED) is 0.756. The average molecular weight is 247 g/mol. The number of nitrogens with zero attached hydrogens (tertiary/aromatic N) is 1. The van der Waals surface area contributed by atoms with Crippen molar-refractivity contribution in [1.29, 1.82) is 0 Å². The van der Waals surface area contributed by atoms with Crippen molar-refractivity contribution in [3.8, 4) is 0 Å². The Morgan fingerprint density at radius 1 is 1.11 bits per heavy atom. The third kappa shape index (κ3) is 2.29. The van der Waals surface area contributed by atoms with Gasteiger partial charge in [0, 0.05) is 13.0 Å². The van der Waals surface area contributed by atoms with Gasteiger partial charge in [0.25, 0.3) is 11.8 Å². The zero-order valence-electron chi connectivity index (χ0n) is 10.9. The summed E-state index contributed by atoms with van der Waals surface area (Å²) in [4.78, 5) is 26.9. The van der Waals surface area contributed by atoms with Crippen LogP contribution in [0.4, 0.5) is 0 Å². The van der Waals surface area contributed by atoms with Crippen molar-refractivity contribution < 1.29 is 14.5 Å². The van der Waals surface area contributed by atoms with Gasteiger partial charge in [0.15, 0.2) is 0 Å². The van der Waals surface area contributed by atoms with E-state index in [9.17, 15) is 9.59 Å². The van der Waals surface area contributed by atoms with E-state index in [1.807, 2.05) is 0 Å². The van der Waals surface area contributed by atoms with Gasteiger partial charge in [-0.15, -0.1) is 0 Å². The van der Waals surface area contributed by atoms with Crippen LogP contribution in [0.3, 0.4) is 0 Å². The predicted octanol–water partition coefficient (Wildman–Crippen LogP) is 0.207. The average Bonchev–Trinajstić information content (AvgIpc) is 2.64. The van der Waals surface area contributed by atoms with E-state index in [4.69, 9.17) is 0 Å². The summed E-state index contributed by atoms with van der Waals surface area (Å²) in [5.41, 5.74) is 1.08. The molecule has 1 aromatic carbocycles. The monoisotopic (exact) mass is 247 g/mol. The van der Waals surface area contributed by atoms with Gasteiger partial charge in [-0.2, -0.15) is 0 Å². The lowest BCUT2D eigenvalue weighted by Crippen LogP contribution is -3.08. The standard InChI is InChI=1S/C14H18N2O2/c1-3-15(2)9-6-10-16-13(17)11-7-4-5-8-12(11)14(16)18/h4-5,7-8H,3,6,9-10H2,1-2H3/p+1. The number of benzene rings is 1. The number of fused-ring (bicyclic) bond motifs is 1. The maximum Gasteiger partial charge on any atom is 0.261 e. The molecule has 1 N–H and O–H groups in total. The molecule has 1 aliphatic heterocycles. The van der Waals surface area contributed by atoms with Crippen LogP contribution in [0.15, 0.2) is 24.3 Å². The summed E-state index contributed by atoms with van der Waals surface area (Å²) in [5.74, 6) is -0.297. The van der Waals surface area contributed by atoms with Crippen molar-refractivity contribution in [2.45, 2.75) is 13.3 Å². The number of imide groups is 1. The zero-order chi connectivity index (χ0) is 13.1. The van der Waals surface area contributed by atoms with Gasteiger partial charge in [-0.1, -0.05) is 12.1 Å². The number of hydrogen-bond acceptors (Lipinski definition) is 2. The molecule has 0 aliphatic carbocycles. The minimum Gasteiger partial charge on any atom is -0.338 e. The van der Waals surface area contributed by atoms with Gasteiger partial charge in [-0.3, -0.25) is 14.5 Å². The maximum atomic E-state index is 12.1. The lowest BCUT2D eigenvalue weighted by Gasteiger charge is -2.15. The number of quaternary nitrogens is 1. The normalized spacial score (nSPS) is 16.0. The highest BCUT2D eigenvalue weighted by molar-refractivity contribution is 6.21. The summed E-state index contributed by atoms with van der Waals surface area (Å²) < 4.78 is 0. The third-order valence-electron chi connectivity index (χ3n) is 3.47. The molecule has 2 rings (SSSR count). The minimum atomic E-state index is -0.148. The molecule has 0 radical (unpaired) electrons. The molecule has 1 aliphatic rings. The molecule has 0 fully saturated rings. The van der Waals surface area contributed by atoms with E-state index in [1.165, 1.54) is 9.80 Å². The van der Waals surface area contributed by atoms with Crippen LogP contribution in [-0.4, -0.2) is 43.4 Å². The van der Waals surface area contributed by atoms with Crippen LogP contribution in [0.25, 0.3) is 0 Å². The molecular weight excluding hydrogens is 228 g/mol. The van der Waals surface area contributed by atoms with Gasteiger partial charge in [0.2, 0.25) is 0 Å². The molecule has 0 spiro atoms. The first-order valence-electron chi connectivity index (χ1n) is 6.41. The maximum absolute atomic E-state index is 12.1. The number of carbonyl (C=O) groups is 2. The first kappa shape index (κ1) is 12.8. The highest BCUT2D eigenvalue weighted by Gasteiger charge is 2.34. The van der Waals surface area contributed by atoms with E-state index in [2.05, 4.69) is 14.0 Å². The van der Waals surface area contributed by atoms with Crippen LogP contribution in [0.5, 0.6) is 0 Å². The minimum absolute atomic E-state index is 0.148. The van der Waals surface area contributed by atoms with Crippen LogP contribution in [-0.2, 0) is 0 Å². The fraction of sp³-hybridized carbons (Fsp3) is 0.429. The number of hydrogen-bond donors (Lipinski definition) is 1. The van der Waals surface area contributed by atoms with Crippen molar-refractivity contribution in [2.24, 2.45) is 0 Å². The Balaban J connectivity index is 2.01. The van der Waals surface area contributed by atoms with Crippen LogP contribution in [0.1, 0.15) is 34.1 Å². The Morgan fingerprint density at radius 3 is 2.17 bits per heavy atom. The molecule has 18 heavy (non-hydrogen) atoms. The molecule has 0 aromatic heterocycles. The van der Waals surface area contributed by atoms with Crippen LogP contribution in [0, 0.1) is 0 Å². The van der Waals surface area contributed by atoms with E-state index in [0.29, 0.717) is 17.7 Å². The SMILES string of the molecule is CC[NH+](C)CCCN1C(=O)c2ccccc2C1=O. The molecule has 1 atom stereocenters. The molecule has 1 heterocycles. The molecule has 4 heteroatoms. The Bertz CT molecular complexity index is 436. The van der Waals surface area contributed by atoms with Crippen molar-refractivity contribution in [3.63, 3.8) is 0 Å². The smallest absolute Gasteiger partial charge is 0.261 e. The summed E-state index contributed by atoms with van der Waals surface area (Å²) in [6.07, 6.45) is 0.852. The second-order valence-electron chi connectivity index (χ2n) is 4.72. The van der Waals surface area contributed by atoms with E-state index >= 15 is 0 Å². The Morgan fingerprint density at radius 2 is 1.67 bits per heavy atom. The lowest BCUT2D eigenvalue weighted by molar-refractivity contribution is -0.877. The van der Waals surface area contributed by atoms with E-state index in [0.717, 1.165) is 19.5 Å². The highest BCUT2D eigenvalue weighted by Crippen LogP contribution is 2.22. The molecular formula is C14H19N2O2+. The first-order chi connectivity index (χ1) is 8.65.